The van der Waals surface area contributed by atoms with E-state index in [2.05, 4.69) is 57.7 Å². The number of rotatable bonds is 2. The lowest BCUT2D eigenvalue weighted by Crippen LogP contribution is -2.60. The van der Waals surface area contributed by atoms with Gasteiger partial charge >= 0.3 is 0 Å². The van der Waals surface area contributed by atoms with Crippen LogP contribution in [0.5, 0.6) is 0 Å². The SMILES string of the molecule is CC(C)N1CC(C)N(S(=O)C(C)(C)C)CC1C. The van der Waals surface area contributed by atoms with Crippen molar-refractivity contribution in [2.24, 2.45) is 0 Å². The first-order valence-corrected chi connectivity index (χ1v) is 7.69. The van der Waals surface area contributed by atoms with E-state index in [0.29, 0.717) is 18.1 Å². The molecule has 1 fully saturated rings. The maximum absolute atomic E-state index is 12.5. The molecule has 0 spiro atoms. The standard InChI is InChI=1S/C13H28N2OS/c1-10(2)14-8-12(4)15(9-11(14)3)17(16)13(5,6)7/h10-12H,8-9H2,1-7H3. The van der Waals surface area contributed by atoms with Crippen LogP contribution < -0.4 is 0 Å². The van der Waals surface area contributed by atoms with Gasteiger partial charge in [0.15, 0.2) is 0 Å². The second kappa shape index (κ2) is 5.37. The van der Waals surface area contributed by atoms with E-state index in [-0.39, 0.29) is 4.75 Å². The molecule has 1 saturated heterocycles. The zero-order chi connectivity index (χ0) is 13.4. The van der Waals surface area contributed by atoms with Gasteiger partial charge in [0.05, 0.1) is 4.75 Å². The van der Waals surface area contributed by atoms with E-state index in [0.717, 1.165) is 13.1 Å². The van der Waals surface area contributed by atoms with E-state index in [1.54, 1.807) is 0 Å². The highest BCUT2D eigenvalue weighted by Gasteiger charge is 2.36. The summed E-state index contributed by atoms with van der Waals surface area (Å²) in [5.41, 5.74) is 0. The van der Waals surface area contributed by atoms with Gasteiger partial charge in [-0.2, -0.15) is 0 Å². The molecule has 3 unspecified atom stereocenters. The fourth-order valence-electron chi connectivity index (χ4n) is 2.42. The van der Waals surface area contributed by atoms with E-state index >= 15 is 0 Å². The van der Waals surface area contributed by atoms with E-state index < -0.39 is 11.0 Å². The van der Waals surface area contributed by atoms with Gasteiger partial charge in [0, 0.05) is 31.2 Å². The zero-order valence-corrected chi connectivity index (χ0v) is 13.2. The second-order valence-electron chi connectivity index (χ2n) is 6.45. The molecule has 3 nitrogen and oxygen atoms in total. The summed E-state index contributed by atoms with van der Waals surface area (Å²) in [7, 11) is -0.896. The molecular formula is C13H28N2OS. The third-order valence-corrected chi connectivity index (χ3v) is 5.36. The molecule has 1 aliphatic rings. The monoisotopic (exact) mass is 260 g/mol. The predicted octanol–water partition coefficient (Wildman–Crippen LogP) is 2.25. The van der Waals surface area contributed by atoms with Crippen molar-refractivity contribution < 1.29 is 4.21 Å². The number of hydrogen-bond donors (Lipinski definition) is 0. The summed E-state index contributed by atoms with van der Waals surface area (Å²) >= 11 is 0. The first-order chi connectivity index (χ1) is 7.64. The molecule has 0 saturated carbocycles. The minimum atomic E-state index is -0.896. The molecule has 0 aromatic heterocycles. The van der Waals surface area contributed by atoms with Gasteiger partial charge in [-0.1, -0.05) is 0 Å². The summed E-state index contributed by atoms with van der Waals surface area (Å²) in [6.07, 6.45) is 0. The predicted molar refractivity (Wildman–Crippen MR) is 75.4 cm³/mol. The lowest BCUT2D eigenvalue weighted by atomic mass is 10.1. The molecule has 1 aliphatic heterocycles. The van der Waals surface area contributed by atoms with Crippen molar-refractivity contribution in [1.29, 1.82) is 0 Å². The molecule has 0 aliphatic carbocycles. The summed E-state index contributed by atoms with van der Waals surface area (Å²) in [5.74, 6) is 0. The van der Waals surface area contributed by atoms with E-state index in [4.69, 9.17) is 0 Å². The first-order valence-electron chi connectivity index (χ1n) is 6.59. The van der Waals surface area contributed by atoms with Crippen molar-refractivity contribution in [1.82, 2.24) is 9.21 Å². The van der Waals surface area contributed by atoms with Crippen LogP contribution in [0.2, 0.25) is 0 Å². The highest BCUT2D eigenvalue weighted by molar-refractivity contribution is 7.84. The molecule has 102 valence electrons. The smallest absolute Gasteiger partial charge is 0.100 e. The highest BCUT2D eigenvalue weighted by atomic mass is 32.2. The topological polar surface area (TPSA) is 23.6 Å². The third kappa shape index (κ3) is 3.52. The van der Waals surface area contributed by atoms with Crippen molar-refractivity contribution in [3.8, 4) is 0 Å². The van der Waals surface area contributed by atoms with Gasteiger partial charge in [-0.15, -0.1) is 0 Å². The normalized spacial score (nSPS) is 30.8. The van der Waals surface area contributed by atoms with Crippen molar-refractivity contribution in [3.63, 3.8) is 0 Å². The Labute approximate surface area is 109 Å². The lowest BCUT2D eigenvalue weighted by molar-refractivity contribution is 0.0686. The van der Waals surface area contributed by atoms with Crippen molar-refractivity contribution in [2.75, 3.05) is 13.1 Å². The Bertz CT molecular complexity index is 286. The molecule has 0 aromatic carbocycles. The molecule has 1 rings (SSSR count). The quantitative estimate of drug-likeness (QED) is 0.760. The lowest BCUT2D eigenvalue weighted by Gasteiger charge is -2.46. The summed E-state index contributed by atoms with van der Waals surface area (Å²) in [6, 6.07) is 1.42. The fourth-order valence-corrected chi connectivity index (χ4v) is 3.87. The van der Waals surface area contributed by atoms with Gasteiger partial charge in [-0.05, 0) is 48.5 Å². The van der Waals surface area contributed by atoms with Crippen LogP contribution in [0.25, 0.3) is 0 Å². The largest absolute Gasteiger partial charge is 0.295 e. The maximum atomic E-state index is 12.5. The van der Waals surface area contributed by atoms with E-state index in [1.807, 2.05) is 0 Å². The molecule has 0 amide bonds. The maximum Gasteiger partial charge on any atom is 0.100 e. The van der Waals surface area contributed by atoms with Crippen LogP contribution in [0.3, 0.4) is 0 Å². The van der Waals surface area contributed by atoms with Crippen LogP contribution in [0.1, 0.15) is 48.5 Å². The Kier molecular flexibility index (Phi) is 4.78. The Morgan fingerprint density at radius 1 is 1.12 bits per heavy atom. The molecule has 0 aromatic rings. The Balaban J connectivity index is 2.77. The summed E-state index contributed by atoms with van der Waals surface area (Å²) in [5, 5.41) is 0. The van der Waals surface area contributed by atoms with Crippen LogP contribution in [0.15, 0.2) is 0 Å². The number of piperazine rings is 1. The summed E-state index contributed by atoms with van der Waals surface area (Å²) in [4.78, 5) is 2.50. The van der Waals surface area contributed by atoms with E-state index in [1.165, 1.54) is 0 Å². The molecule has 1 heterocycles. The van der Waals surface area contributed by atoms with Crippen molar-refractivity contribution in [3.05, 3.63) is 0 Å². The van der Waals surface area contributed by atoms with E-state index in [9.17, 15) is 4.21 Å². The first kappa shape index (κ1) is 15.1. The van der Waals surface area contributed by atoms with Gasteiger partial charge in [-0.3, -0.25) is 4.90 Å². The average molecular weight is 260 g/mol. The zero-order valence-electron chi connectivity index (χ0n) is 12.4. The Morgan fingerprint density at radius 2 is 1.65 bits per heavy atom. The van der Waals surface area contributed by atoms with Crippen LogP contribution in [0, 0.1) is 0 Å². The van der Waals surface area contributed by atoms with Gasteiger partial charge in [0.25, 0.3) is 0 Å². The third-order valence-electron chi connectivity index (χ3n) is 3.38. The Morgan fingerprint density at radius 3 is 2.06 bits per heavy atom. The number of nitrogens with zero attached hydrogens (tertiary/aromatic N) is 2. The summed E-state index contributed by atoms with van der Waals surface area (Å²) in [6.45, 7) is 17.0. The molecule has 4 heteroatoms. The van der Waals surface area contributed by atoms with Crippen LogP contribution in [-0.4, -0.2) is 49.4 Å². The fraction of sp³-hybridized carbons (Fsp3) is 1.00. The Hall–Kier alpha value is 0.0700. The molecule has 0 bridgehead atoms. The minimum Gasteiger partial charge on any atom is -0.295 e. The molecule has 0 N–H and O–H groups in total. The molecule has 17 heavy (non-hydrogen) atoms. The summed E-state index contributed by atoms with van der Waals surface area (Å²) < 4.78 is 14.5. The van der Waals surface area contributed by atoms with Gasteiger partial charge in [-0.25, -0.2) is 8.51 Å². The van der Waals surface area contributed by atoms with Gasteiger partial charge in [0.2, 0.25) is 0 Å². The van der Waals surface area contributed by atoms with Crippen LogP contribution in [-0.2, 0) is 11.0 Å². The average Bonchev–Trinajstić information content (AvgIpc) is 2.18. The molecule has 0 radical (unpaired) electrons. The van der Waals surface area contributed by atoms with Crippen molar-refractivity contribution in [2.45, 2.75) is 71.3 Å². The second-order valence-corrected chi connectivity index (χ2v) is 8.64. The van der Waals surface area contributed by atoms with Gasteiger partial charge in [0.1, 0.15) is 11.0 Å². The van der Waals surface area contributed by atoms with Crippen LogP contribution >= 0.6 is 0 Å². The molecular weight excluding hydrogens is 232 g/mol. The van der Waals surface area contributed by atoms with Crippen molar-refractivity contribution >= 4 is 11.0 Å². The van der Waals surface area contributed by atoms with Crippen LogP contribution in [0.4, 0.5) is 0 Å². The minimum absolute atomic E-state index is 0.159. The molecule has 3 atom stereocenters. The highest BCUT2D eigenvalue weighted by Crippen LogP contribution is 2.24. The number of hydrogen-bond acceptors (Lipinski definition) is 2. The van der Waals surface area contributed by atoms with Gasteiger partial charge < -0.3 is 0 Å².